The number of rotatable bonds is 4. The molecule has 1 aliphatic carbocycles. The molecule has 0 radical (unpaired) electrons. The molecular formula is C13H21N3O2. The van der Waals surface area contributed by atoms with Gasteiger partial charge in [0, 0.05) is 32.4 Å². The van der Waals surface area contributed by atoms with E-state index >= 15 is 0 Å². The summed E-state index contributed by atoms with van der Waals surface area (Å²) in [7, 11) is 1.80. The van der Waals surface area contributed by atoms with E-state index in [1.807, 2.05) is 10.8 Å². The second-order valence-electron chi connectivity index (χ2n) is 4.97. The highest BCUT2D eigenvalue weighted by atomic mass is 16.3. The number of amides is 1. The van der Waals surface area contributed by atoms with Gasteiger partial charge in [-0.1, -0.05) is 12.8 Å². The maximum atomic E-state index is 12.1. The van der Waals surface area contributed by atoms with E-state index < -0.39 is 0 Å². The second kappa shape index (κ2) is 6.00. The van der Waals surface area contributed by atoms with Crippen LogP contribution in [0.15, 0.2) is 18.7 Å². The second-order valence-corrected chi connectivity index (χ2v) is 4.97. The van der Waals surface area contributed by atoms with Crippen LogP contribution < -0.4 is 0 Å². The number of hydrogen-bond donors (Lipinski definition) is 1. The highest BCUT2D eigenvalue weighted by Gasteiger charge is 2.28. The first-order valence-corrected chi connectivity index (χ1v) is 6.58. The molecule has 18 heavy (non-hydrogen) atoms. The van der Waals surface area contributed by atoms with Crippen LogP contribution in [0.4, 0.5) is 0 Å². The Bertz CT molecular complexity index is 378. The maximum absolute atomic E-state index is 12.1. The molecule has 0 spiro atoms. The van der Waals surface area contributed by atoms with Crippen molar-refractivity contribution in [3.05, 3.63) is 18.7 Å². The number of hydrogen-bond acceptors (Lipinski definition) is 3. The fraction of sp³-hybridized carbons (Fsp3) is 0.692. The van der Waals surface area contributed by atoms with Crippen molar-refractivity contribution in [1.29, 1.82) is 0 Å². The van der Waals surface area contributed by atoms with Crippen molar-refractivity contribution in [3.63, 3.8) is 0 Å². The van der Waals surface area contributed by atoms with Crippen molar-refractivity contribution >= 4 is 5.91 Å². The van der Waals surface area contributed by atoms with Crippen molar-refractivity contribution < 1.29 is 9.90 Å². The van der Waals surface area contributed by atoms with Gasteiger partial charge in [0.15, 0.2) is 0 Å². The molecule has 1 aliphatic rings. The number of aryl methyl sites for hydroxylation is 1. The van der Waals surface area contributed by atoms with Gasteiger partial charge in [-0.05, 0) is 12.8 Å². The topological polar surface area (TPSA) is 58.4 Å². The third-order valence-electron chi connectivity index (χ3n) is 3.73. The van der Waals surface area contributed by atoms with Gasteiger partial charge in [-0.3, -0.25) is 4.79 Å². The highest BCUT2D eigenvalue weighted by Crippen LogP contribution is 2.22. The van der Waals surface area contributed by atoms with Crippen LogP contribution in [-0.2, 0) is 11.3 Å². The quantitative estimate of drug-likeness (QED) is 0.869. The van der Waals surface area contributed by atoms with E-state index in [1.54, 1.807) is 24.5 Å². The van der Waals surface area contributed by atoms with E-state index in [0.717, 1.165) is 25.7 Å². The van der Waals surface area contributed by atoms with Gasteiger partial charge in [-0.15, -0.1) is 0 Å². The lowest BCUT2D eigenvalue weighted by Crippen LogP contribution is -2.46. The van der Waals surface area contributed by atoms with E-state index in [0.29, 0.717) is 13.0 Å². The highest BCUT2D eigenvalue weighted by molar-refractivity contribution is 5.76. The van der Waals surface area contributed by atoms with Crippen LogP contribution in [0, 0.1) is 0 Å². The first-order valence-electron chi connectivity index (χ1n) is 6.58. The zero-order chi connectivity index (χ0) is 13.0. The summed E-state index contributed by atoms with van der Waals surface area (Å²) in [5.74, 6) is 0.0923. The molecule has 0 aliphatic heterocycles. The number of carbonyl (C=O) groups excluding carboxylic acids is 1. The van der Waals surface area contributed by atoms with Gasteiger partial charge in [0.2, 0.25) is 5.91 Å². The predicted octanol–water partition coefficient (Wildman–Crippen LogP) is 1.04. The molecular weight excluding hydrogens is 230 g/mol. The lowest BCUT2D eigenvalue weighted by molar-refractivity contribution is -0.135. The van der Waals surface area contributed by atoms with Crippen LogP contribution in [0.1, 0.15) is 32.1 Å². The van der Waals surface area contributed by atoms with Crippen LogP contribution in [0.3, 0.4) is 0 Å². The van der Waals surface area contributed by atoms with Gasteiger partial charge in [-0.2, -0.15) is 0 Å². The minimum atomic E-state index is -0.360. The molecule has 2 atom stereocenters. The molecule has 0 saturated heterocycles. The Morgan fingerprint density at radius 2 is 2.28 bits per heavy atom. The third-order valence-corrected chi connectivity index (χ3v) is 3.73. The maximum Gasteiger partial charge on any atom is 0.224 e. The SMILES string of the molecule is CN(C(=O)CCn1ccnc1)C1CCCCC1O. The fourth-order valence-electron chi connectivity index (χ4n) is 2.55. The Kier molecular flexibility index (Phi) is 4.36. The number of aromatic nitrogens is 2. The first kappa shape index (κ1) is 13.1. The molecule has 0 bridgehead atoms. The fourth-order valence-corrected chi connectivity index (χ4v) is 2.55. The normalized spacial score (nSPS) is 23.9. The van der Waals surface area contributed by atoms with Crippen molar-refractivity contribution in [2.24, 2.45) is 0 Å². The number of aliphatic hydroxyl groups excluding tert-OH is 1. The van der Waals surface area contributed by atoms with Crippen molar-refractivity contribution in [3.8, 4) is 0 Å². The number of imidazole rings is 1. The summed E-state index contributed by atoms with van der Waals surface area (Å²) in [6.07, 6.45) is 9.25. The monoisotopic (exact) mass is 251 g/mol. The molecule has 1 saturated carbocycles. The molecule has 2 rings (SSSR count). The van der Waals surface area contributed by atoms with Gasteiger partial charge in [0.25, 0.3) is 0 Å². The largest absolute Gasteiger partial charge is 0.391 e. The van der Waals surface area contributed by atoms with Crippen LogP contribution in [0.5, 0.6) is 0 Å². The Balaban J connectivity index is 1.84. The van der Waals surface area contributed by atoms with Gasteiger partial charge < -0.3 is 14.6 Å². The zero-order valence-corrected chi connectivity index (χ0v) is 10.8. The zero-order valence-electron chi connectivity index (χ0n) is 10.8. The molecule has 100 valence electrons. The van der Waals surface area contributed by atoms with E-state index in [2.05, 4.69) is 4.98 Å². The van der Waals surface area contributed by atoms with Gasteiger partial charge >= 0.3 is 0 Å². The molecule has 0 aromatic carbocycles. The minimum absolute atomic E-state index is 0.00552. The van der Waals surface area contributed by atoms with Crippen LogP contribution in [-0.4, -0.2) is 44.7 Å². The summed E-state index contributed by atoms with van der Waals surface area (Å²) < 4.78 is 1.89. The molecule has 1 amide bonds. The molecule has 2 unspecified atom stereocenters. The van der Waals surface area contributed by atoms with Crippen molar-refractivity contribution in [1.82, 2.24) is 14.5 Å². The summed E-state index contributed by atoms with van der Waals surface area (Å²) in [4.78, 5) is 17.7. The number of nitrogens with zero attached hydrogens (tertiary/aromatic N) is 3. The van der Waals surface area contributed by atoms with E-state index in [9.17, 15) is 9.90 Å². The van der Waals surface area contributed by atoms with E-state index in [-0.39, 0.29) is 18.1 Å². The molecule has 5 nitrogen and oxygen atoms in total. The third kappa shape index (κ3) is 3.10. The van der Waals surface area contributed by atoms with E-state index in [4.69, 9.17) is 0 Å². The van der Waals surface area contributed by atoms with Gasteiger partial charge in [0.05, 0.1) is 18.5 Å². The number of likely N-dealkylation sites (N-methyl/N-ethyl adjacent to an activating group) is 1. The van der Waals surface area contributed by atoms with Crippen LogP contribution in [0.2, 0.25) is 0 Å². The average Bonchev–Trinajstić information content (AvgIpc) is 2.89. The summed E-state index contributed by atoms with van der Waals surface area (Å²) in [6, 6.07) is -0.00552. The van der Waals surface area contributed by atoms with Crippen molar-refractivity contribution in [2.75, 3.05) is 7.05 Å². The summed E-state index contributed by atoms with van der Waals surface area (Å²) in [5, 5.41) is 9.93. The van der Waals surface area contributed by atoms with Gasteiger partial charge in [0.1, 0.15) is 0 Å². The smallest absolute Gasteiger partial charge is 0.224 e. The Hall–Kier alpha value is -1.36. The lowest BCUT2D eigenvalue weighted by atomic mass is 9.91. The molecule has 1 aromatic rings. The van der Waals surface area contributed by atoms with Crippen molar-refractivity contribution in [2.45, 2.75) is 50.8 Å². The molecule has 1 fully saturated rings. The lowest BCUT2D eigenvalue weighted by Gasteiger charge is -2.35. The molecule has 5 heteroatoms. The van der Waals surface area contributed by atoms with E-state index in [1.165, 1.54) is 0 Å². The Labute approximate surface area is 107 Å². The molecule has 1 heterocycles. The number of carbonyl (C=O) groups is 1. The molecule has 1 aromatic heterocycles. The predicted molar refractivity (Wildman–Crippen MR) is 67.9 cm³/mol. The Morgan fingerprint density at radius 3 is 2.94 bits per heavy atom. The van der Waals surface area contributed by atoms with Gasteiger partial charge in [-0.25, -0.2) is 4.98 Å². The number of aliphatic hydroxyl groups is 1. The summed E-state index contributed by atoms with van der Waals surface area (Å²) in [6.45, 7) is 0.645. The summed E-state index contributed by atoms with van der Waals surface area (Å²) >= 11 is 0. The standard InChI is InChI=1S/C13H21N3O2/c1-15(11-4-2-3-5-12(11)17)13(18)6-8-16-9-7-14-10-16/h7,9-12,17H,2-6,8H2,1H3. The average molecular weight is 251 g/mol. The Morgan fingerprint density at radius 1 is 1.50 bits per heavy atom. The van der Waals surface area contributed by atoms with Crippen LogP contribution in [0.25, 0.3) is 0 Å². The minimum Gasteiger partial charge on any atom is -0.391 e. The molecule has 1 N–H and O–H groups in total. The summed E-state index contributed by atoms with van der Waals surface area (Å²) in [5.41, 5.74) is 0. The van der Waals surface area contributed by atoms with Crippen LogP contribution >= 0.6 is 0 Å². The first-order chi connectivity index (χ1) is 8.68.